The second-order valence-corrected chi connectivity index (χ2v) is 7.43. The van der Waals surface area contributed by atoms with Crippen LogP contribution < -0.4 is 10.0 Å². The number of sulfonamides is 1. The van der Waals surface area contributed by atoms with Gasteiger partial charge in [0.25, 0.3) is 5.91 Å². The highest BCUT2D eigenvalue weighted by molar-refractivity contribution is 7.92. The normalized spacial score (nSPS) is 12.2. The zero-order valence-electron chi connectivity index (χ0n) is 14.6. The first-order valence-corrected chi connectivity index (χ1v) is 9.61. The zero-order chi connectivity index (χ0) is 21.1. The van der Waals surface area contributed by atoms with E-state index in [0.717, 1.165) is 19.2 Å². The Morgan fingerprint density at radius 2 is 1.64 bits per heavy atom. The standard InChI is InChI=1S/C17H15F3N2O5S/c1-9(16(23)21-13-8-7-11(18)14(19)15(13)20)27-17(24)10-5-3-4-6-12(10)22-28(2,25)26/h3-9,22H,1-2H3,(H,21,23)/t9-/m0/s1. The molecule has 0 aliphatic carbocycles. The van der Waals surface area contributed by atoms with Crippen LogP contribution in [0, 0.1) is 17.5 Å². The van der Waals surface area contributed by atoms with E-state index >= 15 is 0 Å². The van der Waals surface area contributed by atoms with Crippen molar-refractivity contribution in [2.75, 3.05) is 16.3 Å². The molecule has 7 nitrogen and oxygen atoms in total. The Hall–Kier alpha value is -3.08. The number of carbonyl (C=O) groups excluding carboxylic acids is 2. The van der Waals surface area contributed by atoms with Crippen LogP contribution in [0.25, 0.3) is 0 Å². The van der Waals surface area contributed by atoms with Gasteiger partial charge in [-0.25, -0.2) is 26.4 Å². The van der Waals surface area contributed by atoms with Crippen LogP contribution in [0.2, 0.25) is 0 Å². The van der Waals surface area contributed by atoms with Gasteiger partial charge in [0, 0.05) is 0 Å². The summed E-state index contributed by atoms with van der Waals surface area (Å²) >= 11 is 0. The van der Waals surface area contributed by atoms with E-state index in [-0.39, 0.29) is 11.3 Å². The van der Waals surface area contributed by atoms with Gasteiger partial charge >= 0.3 is 5.97 Å². The molecule has 2 N–H and O–H groups in total. The summed E-state index contributed by atoms with van der Waals surface area (Å²) in [4.78, 5) is 24.3. The summed E-state index contributed by atoms with van der Waals surface area (Å²) in [6.45, 7) is 1.16. The average molecular weight is 416 g/mol. The molecule has 1 atom stereocenters. The van der Waals surface area contributed by atoms with Crippen molar-refractivity contribution < 1.29 is 35.9 Å². The minimum Gasteiger partial charge on any atom is -0.449 e. The summed E-state index contributed by atoms with van der Waals surface area (Å²) in [7, 11) is -3.68. The molecular weight excluding hydrogens is 401 g/mol. The quantitative estimate of drug-likeness (QED) is 0.557. The van der Waals surface area contributed by atoms with Crippen molar-refractivity contribution in [2.24, 2.45) is 0 Å². The second kappa shape index (κ2) is 8.30. The number of rotatable bonds is 6. The Kier molecular flexibility index (Phi) is 6.29. The molecule has 2 aromatic carbocycles. The topological polar surface area (TPSA) is 102 Å². The van der Waals surface area contributed by atoms with Crippen LogP contribution in [0.5, 0.6) is 0 Å². The number of halogens is 3. The third-order valence-corrected chi connectivity index (χ3v) is 3.98. The maximum atomic E-state index is 13.6. The van der Waals surface area contributed by atoms with Gasteiger partial charge in [-0.05, 0) is 31.2 Å². The molecule has 11 heteroatoms. The summed E-state index contributed by atoms with van der Waals surface area (Å²) in [6.07, 6.45) is -0.562. The average Bonchev–Trinajstić information content (AvgIpc) is 2.61. The lowest BCUT2D eigenvalue weighted by atomic mass is 10.2. The number of anilines is 2. The SMILES string of the molecule is C[C@H](OC(=O)c1ccccc1NS(C)(=O)=O)C(=O)Nc1ccc(F)c(F)c1F. The number of hydrogen-bond acceptors (Lipinski definition) is 5. The van der Waals surface area contributed by atoms with Gasteiger partial charge in [-0.1, -0.05) is 12.1 Å². The molecule has 1 amide bonds. The highest BCUT2D eigenvalue weighted by Gasteiger charge is 2.23. The molecule has 150 valence electrons. The van der Waals surface area contributed by atoms with Crippen LogP contribution in [-0.4, -0.2) is 32.7 Å². The van der Waals surface area contributed by atoms with Gasteiger partial charge in [-0.15, -0.1) is 0 Å². The van der Waals surface area contributed by atoms with Crippen molar-refractivity contribution in [3.8, 4) is 0 Å². The van der Waals surface area contributed by atoms with E-state index in [9.17, 15) is 31.2 Å². The van der Waals surface area contributed by atoms with Crippen molar-refractivity contribution in [1.82, 2.24) is 0 Å². The smallest absolute Gasteiger partial charge is 0.341 e. The monoisotopic (exact) mass is 416 g/mol. The highest BCUT2D eigenvalue weighted by atomic mass is 32.2. The van der Waals surface area contributed by atoms with Crippen LogP contribution in [0.15, 0.2) is 36.4 Å². The molecule has 0 heterocycles. The molecule has 0 aromatic heterocycles. The van der Waals surface area contributed by atoms with Gasteiger partial charge in [0.15, 0.2) is 23.6 Å². The number of ether oxygens (including phenoxy) is 1. The molecule has 2 rings (SSSR count). The Morgan fingerprint density at radius 1 is 1.00 bits per heavy atom. The predicted molar refractivity (Wildman–Crippen MR) is 94.7 cm³/mol. The van der Waals surface area contributed by atoms with Crippen molar-refractivity contribution in [3.05, 3.63) is 59.4 Å². The molecule has 0 spiro atoms. The number of esters is 1. The summed E-state index contributed by atoms with van der Waals surface area (Å²) in [5.74, 6) is -6.82. The Labute approximate surface area is 158 Å². The lowest BCUT2D eigenvalue weighted by molar-refractivity contribution is -0.123. The molecule has 0 saturated heterocycles. The first kappa shape index (κ1) is 21.2. The van der Waals surface area contributed by atoms with Crippen LogP contribution in [-0.2, 0) is 19.6 Å². The highest BCUT2D eigenvalue weighted by Crippen LogP contribution is 2.21. The predicted octanol–water partition coefficient (Wildman–Crippen LogP) is 2.66. The van der Waals surface area contributed by atoms with Gasteiger partial charge in [0.2, 0.25) is 10.0 Å². The number of hydrogen-bond donors (Lipinski definition) is 2. The number of para-hydroxylation sites is 1. The molecule has 0 aliphatic rings. The third-order valence-electron chi connectivity index (χ3n) is 3.39. The fourth-order valence-corrected chi connectivity index (χ4v) is 2.66. The summed E-state index contributed by atoms with van der Waals surface area (Å²) in [5, 5.41) is 1.98. The molecule has 0 radical (unpaired) electrons. The molecule has 28 heavy (non-hydrogen) atoms. The molecular formula is C17H15F3N2O5S. The maximum Gasteiger partial charge on any atom is 0.341 e. The minimum absolute atomic E-state index is 0.0609. The number of nitrogens with one attached hydrogen (secondary N) is 2. The largest absolute Gasteiger partial charge is 0.449 e. The number of amides is 1. The van der Waals surface area contributed by atoms with E-state index in [1.165, 1.54) is 24.3 Å². The van der Waals surface area contributed by atoms with Gasteiger partial charge < -0.3 is 10.1 Å². The van der Waals surface area contributed by atoms with E-state index in [4.69, 9.17) is 4.74 Å². The van der Waals surface area contributed by atoms with Crippen LogP contribution in [0.4, 0.5) is 24.5 Å². The lowest BCUT2D eigenvalue weighted by Gasteiger charge is -2.15. The van der Waals surface area contributed by atoms with E-state index in [1.807, 2.05) is 5.32 Å². The van der Waals surface area contributed by atoms with E-state index in [2.05, 4.69) is 4.72 Å². The van der Waals surface area contributed by atoms with Crippen molar-refractivity contribution in [3.63, 3.8) is 0 Å². The number of carbonyl (C=O) groups is 2. The van der Waals surface area contributed by atoms with Crippen molar-refractivity contribution in [2.45, 2.75) is 13.0 Å². The zero-order valence-corrected chi connectivity index (χ0v) is 15.4. The summed E-state index contributed by atoms with van der Waals surface area (Å²) in [5.41, 5.74) is -0.855. The first-order valence-electron chi connectivity index (χ1n) is 7.71. The van der Waals surface area contributed by atoms with Crippen LogP contribution in [0.3, 0.4) is 0 Å². The van der Waals surface area contributed by atoms with E-state index < -0.39 is 51.1 Å². The first-order chi connectivity index (χ1) is 13.0. The summed E-state index contributed by atoms with van der Waals surface area (Å²) < 4.78 is 69.6. The van der Waals surface area contributed by atoms with E-state index in [1.54, 1.807) is 0 Å². The summed E-state index contributed by atoms with van der Waals surface area (Å²) in [6, 6.07) is 6.95. The number of benzene rings is 2. The van der Waals surface area contributed by atoms with Gasteiger partial charge in [0.1, 0.15) is 0 Å². The lowest BCUT2D eigenvalue weighted by Crippen LogP contribution is -2.30. The fourth-order valence-electron chi connectivity index (χ4n) is 2.08. The molecule has 2 aromatic rings. The maximum absolute atomic E-state index is 13.6. The molecule has 0 fully saturated rings. The second-order valence-electron chi connectivity index (χ2n) is 5.68. The molecule has 0 bridgehead atoms. The van der Waals surface area contributed by atoms with Crippen LogP contribution in [0.1, 0.15) is 17.3 Å². The Morgan fingerprint density at radius 3 is 2.29 bits per heavy atom. The molecule has 0 unspecified atom stereocenters. The Bertz CT molecular complexity index is 1030. The van der Waals surface area contributed by atoms with Gasteiger partial charge in [-0.2, -0.15) is 0 Å². The molecule has 0 saturated carbocycles. The van der Waals surface area contributed by atoms with Crippen molar-refractivity contribution >= 4 is 33.3 Å². The van der Waals surface area contributed by atoms with E-state index in [0.29, 0.717) is 6.07 Å². The van der Waals surface area contributed by atoms with Crippen molar-refractivity contribution in [1.29, 1.82) is 0 Å². The van der Waals surface area contributed by atoms with Gasteiger partial charge in [0.05, 0.1) is 23.2 Å². The molecule has 0 aliphatic heterocycles. The van der Waals surface area contributed by atoms with Crippen LogP contribution >= 0.6 is 0 Å². The fraction of sp³-hybridized carbons (Fsp3) is 0.176. The Balaban J connectivity index is 2.13. The minimum atomic E-state index is -3.68. The third kappa shape index (κ3) is 5.22. The van der Waals surface area contributed by atoms with Gasteiger partial charge in [-0.3, -0.25) is 9.52 Å².